The Kier molecular flexibility index (Phi) is 6.07. The molecule has 1 aliphatic rings. The molecule has 4 aromatic rings. The molecular formula is C23H16ClN5O4S. The number of aromatic nitrogens is 3. The van der Waals surface area contributed by atoms with Gasteiger partial charge in [0.1, 0.15) is 6.61 Å². The predicted octanol–water partition coefficient (Wildman–Crippen LogP) is 4.42. The van der Waals surface area contributed by atoms with E-state index < -0.39 is 5.91 Å². The summed E-state index contributed by atoms with van der Waals surface area (Å²) in [5, 5.41) is 14.7. The van der Waals surface area contributed by atoms with Crippen LogP contribution in [0.4, 0.5) is 10.8 Å². The quantitative estimate of drug-likeness (QED) is 0.408. The zero-order valence-corrected chi connectivity index (χ0v) is 19.0. The van der Waals surface area contributed by atoms with Gasteiger partial charge in [-0.2, -0.15) is 0 Å². The first kappa shape index (κ1) is 21.8. The number of hydrogen-bond donors (Lipinski definition) is 2. The van der Waals surface area contributed by atoms with E-state index in [0.717, 1.165) is 16.9 Å². The van der Waals surface area contributed by atoms with Crippen LogP contribution in [0, 0.1) is 0 Å². The fourth-order valence-corrected chi connectivity index (χ4v) is 4.06. The molecule has 2 aromatic carbocycles. The molecule has 2 N–H and O–H groups in total. The molecule has 0 bridgehead atoms. The molecule has 0 saturated heterocycles. The van der Waals surface area contributed by atoms with Crippen molar-refractivity contribution in [3.8, 4) is 22.1 Å². The summed E-state index contributed by atoms with van der Waals surface area (Å²) in [7, 11) is 0. The molecule has 2 aromatic heterocycles. The molecule has 0 aliphatic carbocycles. The van der Waals surface area contributed by atoms with E-state index in [-0.39, 0.29) is 17.6 Å². The molecule has 1 aliphatic heterocycles. The molecule has 0 spiro atoms. The summed E-state index contributed by atoms with van der Waals surface area (Å²) < 4.78 is 11.3. The van der Waals surface area contributed by atoms with E-state index in [9.17, 15) is 9.59 Å². The van der Waals surface area contributed by atoms with Gasteiger partial charge in [-0.15, -0.1) is 5.10 Å². The predicted molar refractivity (Wildman–Crippen MR) is 127 cm³/mol. The van der Waals surface area contributed by atoms with Crippen LogP contribution in [0.15, 0.2) is 60.9 Å². The van der Waals surface area contributed by atoms with Gasteiger partial charge in [-0.25, -0.2) is 0 Å². The standard InChI is InChI=1S/C23H16ClN5O4S/c24-14-6-4-13(5-7-14)11-33-23-29-28-22(34-23)27-21(31)16-8-9-25-10-17(16)15-2-1-3-18-20(15)32-12-19(30)26-18/h1-10H,11-12H2,(H,26,30)(H,27,28,31). The van der Waals surface area contributed by atoms with Gasteiger partial charge in [-0.05, 0) is 41.2 Å². The molecule has 0 unspecified atom stereocenters. The van der Waals surface area contributed by atoms with E-state index in [0.29, 0.717) is 45.0 Å². The molecule has 11 heteroatoms. The van der Waals surface area contributed by atoms with Crippen LogP contribution in [0.25, 0.3) is 11.1 Å². The minimum absolute atomic E-state index is 0.102. The Balaban J connectivity index is 1.33. The highest BCUT2D eigenvalue weighted by Gasteiger charge is 2.23. The van der Waals surface area contributed by atoms with Gasteiger partial charge in [0.25, 0.3) is 17.0 Å². The molecule has 3 heterocycles. The maximum Gasteiger partial charge on any atom is 0.296 e. The number of amides is 2. The van der Waals surface area contributed by atoms with Gasteiger partial charge in [-0.3, -0.25) is 19.9 Å². The normalized spacial score (nSPS) is 12.3. The van der Waals surface area contributed by atoms with Crippen LogP contribution in [-0.4, -0.2) is 33.6 Å². The van der Waals surface area contributed by atoms with Crippen molar-refractivity contribution in [3.63, 3.8) is 0 Å². The Morgan fingerprint density at radius 2 is 2.00 bits per heavy atom. The van der Waals surface area contributed by atoms with Crippen LogP contribution in [0.2, 0.25) is 5.02 Å². The smallest absolute Gasteiger partial charge is 0.296 e. The number of nitrogens with one attached hydrogen (secondary N) is 2. The van der Waals surface area contributed by atoms with Gasteiger partial charge in [0, 0.05) is 28.5 Å². The number of ether oxygens (including phenoxy) is 2. The number of carbonyl (C=O) groups is 2. The number of para-hydroxylation sites is 1. The average Bonchev–Trinajstić information content (AvgIpc) is 3.30. The average molecular weight is 494 g/mol. The van der Waals surface area contributed by atoms with Crippen molar-refractivity contribution in [2.24, 2.45) is 0 Å². The second-order valence-electron chi connectivity index (χ2n) is 7.18. The third-order valence-corrected chi connectivity index (χ3v) is 5.90. The maximum absolute atomic E-state index is 13.1. The Hall–Kier alpha value is -4.02. The van der Waals surface area contributed by atoms with Gasteiger partial charge in [0.15, 0.2) is 12.4 Å². The molecule has 0 saturated carbocycles. The maximum atomic E-state index is 13.1. The third-order valence-electron chi connectivity index (χ3n) is 4.90. The zero-order valence-electron chi connectivity index (χ0n) is 17.4. The second-order valence-corrected chi connectivity index (χ2v) is 8.56. The lowest BCUT2D eigenvalue weighted by Gasteiger charge is -2.21. The number of pyridine rings is 1. The lowest BCUT2D eigenvalue weighted by molar-refractivity contribution is -0.118. The topological polar surface area (TPSA) is 115 Å². The van der Waals surface area contributed by atoms with Crippen LogP contribution in [-0.2, 0) is 11.4 Å². The van der Waals surface area contributed by atoms with Gasteiger partial charge in [-0.1, -0.05) is 41.0 Å². The largest absolute Gasteiger partial charge is 0.481 e. The molecule has 2 amide bonds. The van der Waals surface area contributed by atoms with E-state index in [2.05, 4.69) is 25.8 Å². The van der Waals surface area contributed by atoms with Gasteiger partial charge in [0.05, 0.1) is 11.3 Å². The molecule has 0 atom stereocenters. The van der Waals surface area contributed by atoms with E-state index in [1.54, 1.807) is 42.6 Å². The molecule has 0 fully saturated rings. The summed E-state index contributed by atoms with van der Waals surface area (Å²) in [5.74, 6) is -0.146. The van der Waals surface area contributed by atoms with Crippen LogP contribution < -0.4 is 20.1 Å². The summed E-state index contributed by atoms with van der Waals surface area (Å²) >= 11 is 7.01. The van der Waals surface area contributed by atoms with E-state index in [1.807, 2.05) is 12.1 Å². The number of benzene rings is 2. The number of fused-ring (bicyclic) bond motifs is 1. The molecule has 9 nitrogen and oxygen atoms in total. The number of carbonyl (C=O) groups excluding carboxylic acids is 2. The first-order valence-corrected chi connectivity index (χ1v) is 11.3. The van der Waals surface area contributed by atoms with Crippen LogP contribution in [0.3, 0.4) is 0 Å². The van der Waals surface area contributed by atoms with Crippen molar-refractivity contribution in [1.29, 1.82) is 0 Å². The Bertz CT molecular complexity index is 1380. The number of nitrogens with zero attached hydrogens (tertiary/aromatic N) is 3. The first-order valence-electron chi connectivity index (χ1n) is 10.1. The zero-order chi connectivity index (χ0) is 23.5. The van der Waals surface area contributed by atoms with Gasteiger partial charge in [0.2, 0.25) is 5.13 Å². The van der Waals surface area contributed by atoms with Crippen LogP contribution in [0.5, 0.6) is 10.9 Å². The molecule has 34 heavy (non-hydrogen) atoms. The van der Waals surface area contributed by atoms with Crippen LogP contribution >= 0.6 is 22.9 Å². The fourth-order valence-electron chi connectivity index (χ4n) is 3.34. The summed E-state index contributed by atoms with van der Waals surface area (Å²) in [5.41, 5.74) is 3.02. The Morgan fingerprint density at radius 1 is 1.15 bits per heavy atom. The lowest BCUT2D eigenvalue weighted by atomic mass is 9.99. The highest BCUT2D eigenvalue weighted by atomic mass is 35.5. The minimum atomic E-state index is -0.393. The van der Waals surface area contributed by atoms with E-state index in [4.69, 9.17) is 21.1 Å². The fraction of sp³-hybridized carbons (Fsp3) is 0.0870. The third kappa shape index (κ3) is 4.68. The molecule has 170 valence electrons. The van der Waals surface area contributed by atoms with Crippen molar-refractivity contribution in [3.05, 3.63) is 77.1 Å². The number of anilines is 2. The van der Waals surface area contributed by atoms with Gasteiger partial charge < -0.3 is 14.8 Å². The van der Waals surface area contributed by atoms with E-state index in [1.165, 1.54) is 6.20 Å². The summed E-state index contributed by atoms with van der Waals surface area (Å²) in [6.07, 6.45) is 3.10. The lowest BCUT2D eigenvalue weighted by Crippen LogP contribution is -2.25. The number of hydrogen-bond acceptors (Lipinski definition) is 8. The van der Waals surface area contributed by atoms with Crippen molar-refractivity contribution < 1.29 is 19.1 Å². The minimum Gasteiger partial charge on any atom is -0.481 e. The SMILES string of the molecule is O=C1COc2c(cccc2-c2cnccc2C(=O)Nc2nnc(OCc3ccc(Cl)cc3)s2)N1. The summed E-state index contributed by atoms with van der Waals surface area (Å²) in [6, 6.07) is 14.2. The van der Waals surface area contributed by atoms with E-state index >= 15 is 0 Å². The summed E-state index contributed by atoms with van der Waals surface area (Å²) in [4.78, 5) is 28.9. The van der Waals surface area contributed by atoms with Crippen molar-refractivity contribution in [2.75, 3.05) is 17.2 Å². The Morgan fingerprint density at radius 3 is 2.85 bits per heavy atom. The van der Waals surface area contributed by atoms with Crippen molar-refractivity contribution in [1.82, 2.24) is 15.2 Å². The monoisotopic (exact) mass is 493 g/mol. The molecular weight excluding hydrogens is 478 g/mol. The highest BCUT2D eigenvalue weighted by Crippen LogP contribution is 2.39. The van der Waals surface area contributed by atoms with Crippen molar-refractivity contribution in [2.45, 2.75) is 6.61 Å². The number of rotatable bonds is 6. The summed E-state index contributed by atoms with van der Waals surface area (Å²) in [6.45, 7) is 0.194. The van der Waals surface area contributed by atoms with Crippen LogP contribution in [0.1, 0.15) is 15.9 Å². The number of halogens is 1. The molecule has 5 rings (SSSR count). The van der Waals surface area contributed by atoms with Crippen molar-refractivity contribution >= 4 is 45.6 Å². The first-order chi connectivity index (χ1) is 16.6. The molecule has 0 radical (unpaired) electrons. The van der Waals surface area contributed by atoms with Gasteiger partial charge >= 0.3 is 0 Å². The second kappa shape index (κ2) is 9.46. The Labute approximate surface area is 202 Å². The highest BCUT2D eigenvalue weighted by molar-refractivity contribution is 7.17.